The van der Waals surface area contributed by atoms with Gasteiger partial charge in [-0.3, -0.25) is 14.4 Å². The molecule has 6 heteroatoms. The van der Waals surface area contributed by atoms with Crippen LogP contribution < -0.4 is 0 Å². The third-order valence-electron chi connectivity index (χ3n) is 15.1. The van der Waals surface area contributed by atoms with Crippen LogP contribution in [0.2, 0.25) is 0 Å². The molecule has 0 N–H and O–H groups in total. The highest BCUT2D eigenvalue weighted by molar-refractivity contribution is 5.71. The van der Waals surface area contributed by atoms with Gasteiger partial charge in [0.25, 0.3) is 0 Å². The van der Waals surface area contributed by atoms with Crippen LogP contribution in [-0.2, 0) is 28.6 Å². The van der Waals surface area contributed by atoms with Gasteiger partial charge < -0.3 is 14.2 Å². The third-order valence-corrected chi connectivity index (χ3v) is 15.1. The summed E-state index contributed by atoms with van der Waals surface area (Å²) in [4.78, 5) is 38.2. The minimum atomic E-state index is -0.781. The number of ether oxygens (including phenoxy) is 3. The molecule has 0 radical (unpaired) electrons. The maximum atomic E-state index is 12.9. The Morgan fingerprint density at radius 1 is 0.259 bits per heavy atom. The van der Waals surface area contributed by atoms with Gasteiger partial charge >= 0.3 is 17.9 Å². The topological polar surface area (TPSA) is 78.9 Å². The van der Waals surface area contributed by atoms with Crippen molar-refractivity contribution in [2.45, 2.75) is 348 Å². The summed E-state index contributed by atoms with van der Waals surface area (Å²) in [5.41, 5.74) is 0. The number of rotatable bonds is 63. The Morgan fingerprint density at radius 3 is 0.753 bits per heavy atom. The second-order valence-electron chi connectivity index (χ2n) is 23.1. The number of esters is 3. The van der Waals surface area contributed by atoms with Gasteiger partial charge in [-0.05, 0) is 83.5 Å². The van der Waals surface area contributed by atoms with Gasteiger partial charge in [0, 0.05) is 19.3 Å². The number of allylic oxidation sites excluding steroid dienone is 16. The molecule has 6 nitrogen and oxygen atoms in total. The van der Waals surface area contributed by atoms with Crippen LogP contribution in [-0.4, -0.2) is 37.2 Å². The Balaban J connectivity index is 4.17. The van der Waals surface area contributed by atoms with Crippen LogP contribution in [0.1, 0.15) is 342 Å². The van der Waals surface area contributed by atoms with E-state index < -0.39 is 6.10 Å². The van der Waals surface area contributed by atoms with Crippen molar-refractivity contribution in [3.05, 3.63) is 97.2 Å². The molecule has 0 saturated heterocycles. The molecule has 1 atom stereocenters. The van der Waals surface area contributed by atoms with E-state index in [0.717, 1.165) is 122 Å². The fourth-order valence-corrected chi connectivity index (χ4v) is 9.93. The molecule has 0 heterocycles. The first kappa shape index (κ1) is 77.3. The molecule has 1 unspecified atom stereocenters. The van der Waals surface area contributed by atoms with Crippen molar-refractivity contribution in [2.75, 3.05) is 13.2 Å². The van der Waals surface area contributed by atoms with Crippen molar-refractivity contribution in [1.29, 1.82) is 0 Å². The number of carbonyl (C=O) groups is 3. The Labute approximate surface area is 502 Å². The molecular formula is C75H130O6. The molecule has 0 spiro atoms. The van der Waals surface area contributed by atoms with E-state index in [1.54, 1.807) is 0 Å². The van der Waals surface area contributed by atoms with E-state index in [1.165, 1.54) is 180 Å². The van der Waals surface area contributed by atoms with Crippen molar-refractivity contribution >= 4 is 17.9 Å². The normalized spacial score (nSPS) is 12.7. The Hall–Kier alpha value is -3.67. The molecule has 0 aromatic rings. The average molecular weight is 1130 g/mol. The van der Waals surface area contributed by atoms with E-state index in [4.69, 9.17) is 14.2 Å². The minimum Gasteiger partial charge on any atom is -0.462 e. The summed E-state index contributed by atoms with van der Waals surface area (Å²) in [6, 6.07) is 0. The number of unbranched alkanes of at least 4 members (excludes halogenated alkanes) is 36. The van der Waals surface area contributed by atoms with Crippen LogP contribution in [0, 0.1) is 0 Å². The largest absolute Gasteiger partial charge is 0.462 e. The number of hydrogen-bond acceptors (Lipinski definition) is 6. The minimum absolute atomic E-state index is 0.0781. The van der Waals surface area contributed by atoms with Crippen LogP contribution in [0.3, 0.4) is 0 Å². The third kappa shape index (κ3) is 67.0. The van der Waals surface area contributed by atoms with Gasteiger partial charge in [0.15, 0.2) is 6.10 Å². The van der Waals surface area contributed by atoms with Gasteiger partial charge in [0.05, 0.1) is 0 Å². The summed E-state index contributed by atoms with van der Waals surface area (Å²) in [6.45, 7) is 6.53. The fourth-order valence-electron chi connectivity index (χ4n) is 9.93. The van der Waals surface area contributed by atoms with Crippen molar-refractivity contribution in [1.82, 2.24) is 0 Å². The van der Waals surface area contributed by atoms with E-state index in [2.05, 4.69) is 118 Å². The Kier molecular flexibility index (Phi) is 65.7. The zero-order chi connectivity index (χ0) is 58.5. The number of carbonyl (C=O) groups excluding carboxylic acids is 3. The van der Waals surface area contributed by atoms with E-state index >= 15 is 0 Å². The first-order chi connectivity index (χ1) is 40.0. The van der Waals surface area contributed by atoms with Gasteiger partial charge in [-0.25, -0.2) is 0 Å². The lowest BCUT2D eigenvalue weighted by Gasteiger charge is -2.18. The lowest BCUT2D eigenvalue weighted by Crippen LogP contribution is -2.30. The van der Waals surface area contributed by atoms with Crippen molar-refractivity contribution in [2.24, 2.45) is 0 Å². The first-order valence-electron chi connectivity index (χ1n) is 34.7. The highest BCUT2D eigenvalue weighted by Crippen LogP contribution is 2.18. The molecule has 0 rings (SSSR count). The molecule has 466 valence electrons. The first-order valence-corrected chi connectivity index (χ1v) is 34.7. The molecule has 0 saturated carbocycles. The molecule has 0 amide bonds. The molecule has 0 aliphatic heterocycles. The summed E-state index contributed by atoms with van der Waals surface area (Å²) in [7, 11) is 0. The molecular weight excluding hydrogens is 997 g/mol. The molecule has 81 heavy (non-hydrogen) atoms. The van der Waals surface area contributed by atoms with Crippen molar-refractivity contribution in [3.8, 4) is 0 Å². The van der Waals surface area contributed by atoms with E-state index in [0.29, 0.717) is 19.3 Å². The van der Waals surface area contributed by atoms with E-state index in [9.17, 15) is 14.4 Å². The van der Waals surface area contributed by atoms with Crippen LogP contribution in [0.25, 0.3) is 0 Å². The second-order valence-corrected chi connectivity index (χ2v) is 23.1. The highest BCUT2D eigenvalue weighted by atomic mass is 16.6. The molecule has 0 aliphatic rings. The lowest BCUT2D eigenvalue weighted by molar-refractivity contribution is -0.167. The maximum absolute atomic E-state index is 12.9. The summed E-state index contributed by atoms with van der Waals surface area (Å²) in [5.74, 6) is -0.883. The van der Waals surface area contributed by atoms with Crippen LogP contribution >= 0.6 is 0 Å². The SMILES string of the molecule is CC/C=C\C/C=C\C/C=C\C/C=C\C/C=C\C/C=C\C/C=C\C/C=C\CCCCCCCCC(=O)OCC(COC(=O)CCCCCCCCCC)OC(=O)CCCCCCCCCCCCCCCCCCCCCCCCCC. The zero-order valence-corrected chi connectivity index (χ0v) is 53.5. The highest BCUT2D eigenvalue weighted by Gasteiger charge is 2.19. The summed E-state index contributed by atoms with van der Waals surface area (Å²) in [5, 5.41) is 0. The van der Waals surface area contributed by atoms with Gasteiger partial charge in [-0.1, -0.05) is 336 Å². The Bertz CT molecular complexity index is 1580. The van der Waals surface area contributed by atoms with Gasteiger partial charge in [-0.15, -0.1) is 0 Å². The summed E-state index contributed by atoms with van der Waals surface area (Å²) >= 11 is 0. The van der Waals surface area contributed by atoms with Crippen molar-refractivity contribution in [3.63, 3.8) is 0 Å². The van der Waals surface area contributed by atoms with Gasteiger partial charge in [-0.2, -0.15) is 0 Å². The number of hydrogen-bond donors (Lipinski definition) is 0. The lowest BCUT2D eigenvalue weighted by atomic mass is 10.0. The predicted octanol–water partition coefficient (Wildman–Crippen LogP) is 24.0. The molecule has 0 bridgehead atoms. The standard InChI is InChI=1S/C75H130O6/c1-4-7-10-13-16-19-21-23-25-27-29-31-33-35-36-37-38-39-40-41-43-44-46-48-50-52-54-56-59-62-65-68-74(77)80-71-72(70-79-73(76)67-64-61-58-18-15-12-9-6-3)81-75(78)69-66-63-60-57-55-53-51-49-47-45-42-34-32-30-28-26-24-22-20-17-14-11-8-5-2/h7,10,16,19,23,25,29,31,35-36,38-39,41,43,46,48,72H,4-6,8-9,11-15,17-18,20-22,24,26-28,30,32-34,37,40,42,44-45,47,49-71H2,1-3H3/b10-7-,19-16-,25-23-,31-29-,36-35-,39-38-,43-41-,48-46-. The van der Waals surface area contributed by atoms with Crippen LogP contribution in [0.4, 0.5) is 0 Å². The van der Waals surface area contributed by atoms with Crippen LogP contribution in [0.5, 0.6) is 0 Å². The molecule has 0 aromatic carbocycles. The summed E-state index contributed by atoms with van der Waals surface area (Å²) < 4.78 is 16.9. The quantitative estimate of drug-likeness (QED) is 0.0261. The summed E-state index contributed by atoms with van der Waals surface area (Å²) in [6.07, 6.45) is 93.1. The fraction of sp³-hybridized carbons (Fsp3) is 0.747. The predicted molar refractivity (Wildman–Crippen MR) is 353 cm³/mol. The second kappa shape index (κ2) is 68.8. The van der Waals surface area contributed by atoms with E-state index in [1.807, 2.05) is 0 Å². The monoisotopic (exact) mass is 1130 g/mol. The van der Waals surface area contributed by atoms with Gasteiger partial charge in [0.1, 0.15) is 13.2 Å². The average Bonchev–Trinajstić information content (AvgIpc) is 3.47. The van der Waals surface area contributed by atoms with Gasteiger partial charge in [0.2, 0.25) is 0 Å². The zero-order valence-electron chi connectivity index (χ0n) is 53.5. The Morgan fingerprint density at radius 2 is 0.481 bits per heavy atom. The molecule has 0 fully saturated rings. The van der Waals surface area contributed by atoms with Crippen molar-refractivity contribution < 1.29 is 28.6 Å². The maximum Gasteiger partial charge on any atom is 0.306 e. The molecule has 0 aromatic heterocycles. The smallest absolute Gasteiger partial charge is 0.306 e. The van der Waals surface area contributed by atoms with Crippen LogP contribution in [0.15, 0.2) is 97.2 Å². The van der Waals surface area contributed by atoms with E-state index in [-0.39, 0.29) is 31.1 Å². The molecule has 0 aliphatic carbocycles.